The van der Waals surface area contributed by atoms with Gasteiger partial charge in [0.1, 0.15) is 6.54 Å². The Balaban J connectivity index is 1.30. The highest BCUT2D eigenvalue weighted by molar-refractivity contribution is 7.80. The number of hydrogen-bond acceptors (Lipinski definition) is 5. The van der Waals surface area contributed by atoms with Crippen molar-refractivity contribution in [3.63, 3.8) is 0 Å². The van der Waals surface area contributed by atoms with E-state index in [1.807, 2.05) is 6.07 Å². The highest BCUT2D eigenvalue weighted by Gasteiger charge is 2.36. The molecule has 30 heavy (non-hydrogen) atoms. The van der Waals surface area contributed by atoms with E-state index in [0.717, 1.165) is 4.90 Å². The van der Waals surface area contributed by atoms with E-state index in [-0.39, 0.29) is 24.4 Å². The van der Waals surface area contributed by atoms with Gasteiger partial charge >= 0.3 is 0 Å². The minimum Gasteiger partial charge on any atom is -0.352 e. The molecular formula is C22H21N3O4S. The molecule has 2 aromatic carbocycles. The first-order valence-electron chi connectivity index (χ1n) is 9.77. The topological polar surface area (TPSA) is 86.8 Å². The number of likely N-dealkylation sites (tertiary alicyclic amines) is 1. The van der Waals surface area contributed by atoms with Crippen molar-refractivity contribution in [3.05, 3.63) is 65.2 Å². The van der Waals surface area contributed by atoms with Crippen LogP contribution in [0.3, 0.4) is 0 Å². The molecule has 1 fully saturated rings. The molecule has 0 aromatic heterocycles. The zero-order chi connectivity index (χ0) is 21.3. The van der Waals surface area contributed by atoms with Gasteiger partial charge in [0, 0.05) is 24.0 Å². The molecule has 2 heterocycles. The van der Waals surface area contributed by atoms with E-state index >= 15 is 0 Å². The van der Waals surface area contributed by atoms with E-state index < -0.39 is 11.8 Å². The minimum absolute atomic E-state index is 0.0728. The standard InChI is InChI=1S/C22H21N3O4S/c26-19(13-25-21(28)15-5-1-2-6-16(15)22(25)29)23-14-9-11-24(12-10-14)20(27)17-7-3-4-8-18(17)30/h1-8,14,30H,9-13H2,(H,23,26). The Morgan fingerprint density at radius 1 is 0.933 bits per heavy atom. The molecule has 0 radical (unpaired) electrons. The molecular weight excluding hydrogens is 402 g/mol. The maximum absolute atomic E-state index is 12.7. The molecule has 4 amide bonds. The fourth-order valence-corrected chi connectivity index (χ4v) is 4.11. The van der Waals surface area contributed by atoms with Crippen LogP contribution in [0.15, 0.2) is 53.4 Å². The summed E-state index contributed by atoms with van der Waals surface area (Å²) in [6, 6.07) is 13.6. The van der Waals surface area contributed by atoms with E-state index in [1.165, 1.54) is 0 Å². The molecule has 2 aliphatic rings. The van der Waals surface area contributed by atoms with Crippen LogP contribution in [-0.2, 0) is 4.79 Å². The summed E-state index contributed by atoms with van der Waals surface area (Å²) in [5, 5.41) is 2.89. The summed E-state index contributed by atoms with van der Waals surface area (Å²) >= 11 is 4.34. The van der Waals surface area contributed by atoms with Crippen LogP contribution < -0.4 is 5.32 Å². The Kier molecular flexibility index (Phi) is 5.59. The molecule has 2 aliphatic heterocycles. The lowest BCUT2D eigenvalue weighted by molar-refractivity contribution is -0.122. The third-order valence-electron chi connectivity index (χ3n) is 5.46. The molecule has 1 N–H and O–H groups in total. The van der Waals surface area contributed by atoms with Crippen LogP contribution in [0, 0.1) is 0 Å². The number of piperidine rings is 1. The van der Waals surface area contributed by atoms with E-state index in [1.54, 1.807) is 47.4 Å². The summed E-state index contributed by atoms with van der Waals surface area (Å²) in [6.07, 6.45) is 1.21. The van der Waals surface area contributed by atoms with Crippen molar-refractivity contribution in [1.29, 1.82) is 0 Å². The number of rotatable bonds is 4. The van der Waals surface area contributed by atoms with E-state index in [4.69, 9.17) is 0 Å². The first-order valence-corrected chi connectivity index (χ1v) is 10.2. The lowest BCUT2D eigenvalue weighted by Gasteiger charge is -2.33. The number of amides is 4. The fourth-order valence-electron chi connectivity index (χ4n) is 3.85. The van der Waals surface area contributed by atoms with Gasteiger partial charge in [-0.15, -0.1) is 12.6 Å². The Labute approximate surface area is 179 Å². The number of imide groups is 1. The Bertz CT molecular complexity index is 996. The van der Waals surface area contributed by atoms with Crippen molar-refractivity contribution in [2.45, 2.75) is 23.8 Å². The van der Waals surface area contributed by atoms with E-state index in [2.05, 4.69) is 17.9 Å². The molecule has 2 aromatic rings. The Hall–Kier alpha value is -3.13. The van der Waals surface area contributed by atoms with Gasteiger partial charge in [-0.2, -0.15) is 0 Å². The monoisotopic (exact) mass is 423 g/mol. The highest BCUT2D eigenvalue weighted by atomic mass is 32.1. The van der Waals surface area contributed by atoms with Crippen LogP contribution in [0.4, 0.5) is 0 Å². The first kappa shape index (κ1) is 20.2. The maximum Gasteiger partial charge on any atom is 0.262 e. The van der Waals surface area contributed by atoms with Crippen LogP contribution in [0.25, 0.3) is 0 Å². The number of carbonyl (C=O) groups is 4. The summed E-state index contributed by atoms with van der Waals surface area (Å²) in [7, 11) is 0. The second-order valence-electron chi connectivity index (χ2n) is 7.39. The molecule has 7 nitrogen and oxygen atoms in total. The number of nitrogens with one attached hydrogen (secondary N) is 1. The lowest BCUT2D eigenvalue weighted by Crippen LogP contribution is -2.49. The normalized spacial score (nSPS) is 16.6. The van der Waals surface area contributed by atoms with Crippen LogP contribution in [0.2, 0.25) is 0 Å². The van der Waals surface area contributed by atoms with E-state index in [0.29, 0.717) is 47.5 Å². The average molecular weight is 423 g/mol. The van der Waals surface area contributed by atoms with Crippen molar-refractivity contribution in [1.82, 2.24) is 15.1 Å². The predicted octanol–water partition coefficient (Wildman–Crippen LogP) is 1.99. The summed E-state index contributed by atoms with van der Waals surface area (Å²) < 4.78 is 0. The van der Waals surface area contributed by atoms with Gasteiger partial charge in [-0.1, -0.05) is 24.3 Å². The van der Waals surface area contributed by atoms with Crippen molar-refractivity contribution >= 4 is 36.3 Å². The van der Waals surface area contributed by atoms with Crippen molar-refractivity contribution in [2.24, 2.45) is 0 Å². The van der Waals surface area contributed by atoms with Gasteiger partial charge in [0.15, 0.2) is 0 Å². The molecule has 0 saturated carbocycles. The van der Waals surface area contributed by atoms with Crippen LogP contribution in [-0.4, -0.2) is 59.1 Å². The number of nitrogens with zero attached hydrogens (tertiary/aromatic N) is 2. The lowest BCUT2D eigenvalue weighted by atomic mass is 10.0. The number of carbonyl (C=O) groups excluding carboxylic acids is 4. The smallest absolute Gasteiger partial charge is 0.262 e. The molecule has 4 rings (SSSR count). The van der Waals surface area contributed by atoms with Crippen LogP contribution >= 0.6 is 12.6 Å². The van der Waals surface area contributed by atoms with Gasteiger partial charge in [0.25, 0.3) is 17.7 Å². The van der Waals surface area contributed by atoms with Gasteiger partial charge < -0.3 is 10.2 Å². The molecule has 1 saturated heterocycles. The van der Waals surface area contributed by atoms with E-state index in [9.17, 15) is 19.2 Å². The third kappa shape index (κ3) is 3.82. The maximum atomic E-state index is 12.7. The molecule has 8 heteroatoms. The van der Waals surface area contributed by atoms with Crippen molar-refractivity contribution < 1.29 is 19.2 Å². The predicted molar refractivity (Wildman–Crippen MR) is 113 cm³/mol. The second-order valence-corrected chi connectivity index (χ2v) is 7.87. The number of fused-ring (bicyclic) bond motifs is 1. The quantitative estimate of drug-likeness (QED) is 0.582. The molecule has 0 bridgehead atoms. The van der Waals surface area contributed by atoms with Gasteiger partial charge in [-0.25, -0.2) is 0 Å². The Morgan fingerprint density at radius 3 is 2.10 bits per heavy atom. The molecule has 154 valence electrons. The largest absolute Gasteiger partial charge is 0.352 e. The van der Waals surface area contributed by atoms with Gasteiger partial charge in [0.05, 0.1) is 16.7 Å². The summed E-state index contributed by atoms with van der Waals surface area (Å²) in [4.78, 5) is 53.3. The van der Waals surface area contributed by atoms with Gasteiger partial charge in [-0.05, 0) is 37.1 Å². The summed E-state index contributed by atoms with van der Waals surface area (Å²) in [5.74, 6) is -1.35. The highest BCUT2D eigenvalue weighted by Crippen LogP contribution is 2.22. The SMILES string of the molecule is O=C(CN1C(=O)c2ccccc2C1=O)NC1CCN(C(=O)c2ccccc2S)CC1. The third-order valence-corrected chi connectivity index (χ3v) is 5.85. The zero-order valence-corrected chi connectivity index (χ0v) is 17.1. The van der Waals surface area contributed by atoms with Gasteiger partial charge in [-0.3, -0.25) is 24.1 Å². The average Bonchev–Trinajstić information content (AvgIpc) is 2.99. The Morgan fingerprint density at radius 2 is 1.50 bits per heavy atom. The van der Waals surface area contributed by atoms with Crippen molar-refractivity contribution in [2.75, 3.05) is 19.6 Å². The van der Waals surface area contributed by atoms with Gasteiger partial charge in [0.2, 0.25) is 5.91 Å². The number of hydrogen-bond donors (Lipinski definition) is 2. The zero-order valence-electron chi connectivity index (χ0n) is 16.2. The van der Waals surface area contributed by atoms with Crippen LogP contribution in [0.1, 0.15) is 43.9 Å². The van der Waals surface area contributed by atoms with Crippen LogP contribution in [0.5, 0.6) is 0 Å². The second kappa shape index (κ2) is 8.31. The number of thiol groups is 1. The molecule has 0 aliphatic carbocycles. The number of benzene rings is 2. The summed E-state index contributed by atoms with van der Waals surface area (Å²) in [6.45, 7) is 0.719. The molecule has 0 spiro atoms. The molecule has 0 unspecified atom stereocenters. The minimum atomic E-state index is -0.448. The first-order chi connectivity index (χ1) is 14.5. The molecule has 0 atom stereocenters. The fraction of sp³-hybridized carbons (Fsp3) is 0.273. The van der Waals surface area contributed by atoms with Crippen molar-refractivity contribution in [3.8, 4) is 0 Å². The summed E-state index contributed by atoms with van der Waals surface area (Å²) in [5.41, 5.74) is 1.21.